The van der Waals surface area contributed by atoms with Crippen LogP contribution in [0.1, 0.15) is 44.3 Å². The molecule has 2 aliphatic heterocycles. The van der Waals surface area contributed by atoms with Gasteiger partial charge in [0.05, 0.1) is 6.10 Å². The van der Waals surface area contributed by atoms with Crippen molar-refractivity contribution < 1.29 is 14.3 Å². The third-order valence-corrected chi connectivity index (χ3v) is 5.20. The number of hydrogen-bond acceptors (Lipinski definition) is 3. The lowest BCUT2D eigenvalue weighted by Crippen LogP contribution is -2.48. The Morgan fingerprint density at radius 3 is 2.78 bits per heavy atom. The van der Waals surface area contributed by atoms with E-state index in [9.17, 15) is 14.3 Å². The summed E-state index contributed by atoms with van der Waals surface area (Å²) in [5, 5.41) is 10.5. The Labute approximate surface area is 136 Å². The largest absolute Gasteiger partial charge is 0.387 e. The van der Waals surface area contributed by atoms with Crippen molar-refractivity contribution >= 4 is 5.91 Å². The molecule has 0 spiro atoms. The number of carbonyl (C=O) groups excluding carboxylic acids is 1. The molecule has 2 aliphatic rings. The Morgan fingerprint density at radius 2 is 2.04 bits per heavy atom. The van der Waals surface area contributed by atoms with E-state index in [1.807, 2.05) is 4.90 Å². The molecule has 1 aromatic rings. The highest BCUT2D eigenvalue weighted by atomic mass is 19.1. The third kappa shape index (κ3) is 3.56. The van der Waals surface area contributed by atoms with E-state index in [2.05, 4.69) is 4.90 Å². The van der Waals surface area contributed by atoms with Gasteiger partial charge in [0.1, 0.15) is 5.82 Å². The van der Waals surface area contributed by atoms with Gasteiger partial charge in [-0.05, 0) is 49.9 Å². The van der Waals surface area contributed by atoms with Crippen molar-refractivity contribution in [1.29, 1.82) is 0 Å². The molecule has 126 valence electrons. The molecule has 3 atom stereocenters. The number of β-amino-alcohol motifs (C(OH)–C–C–N with tert-alkyl or cyclic N) is 1. The van der Waals surface area contributed by atoms with Gasteiger partial charge in [0.25, 0.3) is 0 Å². The number of hydrogen-bond donors (Lipinski definition) is 1. The molecule has 3 rings (SSSR count). The normalized spacial score (nSPS) is 26.7. The second-order valence-corrected chi connectivity index (χ2v) is 6.70. The molecule has 2 fully saturated rings. The van der Waals surface area contributed by atoms with E-state index < -0.39 is 6.10 Å². The predicted octanol–water partition coefficient (Wildman–Crippen LogP) is 2.33. The summed E-state index contributed by atoms with van der Waals surface area (Å²) in [6.45, 7) is 3.91. The molecule has 1 amide bonds. The average molecular weight is 320 g/mol. The first-order valence-electron chi connectivity index (χ1n) is 8.51. The first kappa shape index (κ1) is 16.4. The van der Waals surface area contributed by atoms with Crippen LogP contribution in [0.4, 0.5) is 4.39 Å². The number of nitrogens with zero attached hydrogens (tertiary/aromatic N) is 2. The molecule has 5 heteroatoms. The molecule has 0 bridgehead atoms. The van der Waals surface area contributed by atoms with Gasteiger partial charge in [0, 0.05) is 32.1 Å². The molecule has 2 saturated heterocycles. The zero-order valence-electron chi connectivity index (χ0n) is 13.6. The van der Waals surface area contributed by atoms with Crippen molar-refractivity contribution in [3.63, 3.8) is 0 Å². The highest BCUT2D eigenvalue weighted by molar-refractivity contribution is 5.74. The molecule has 0 radical (unpaired) electrons. The summed E-state index contributed by atoms with van der Waals surface area (Å²) < 4.78 is 13.3. The maximum atomic E-state index is 13.3. The van der Waals surface area contributed by atoms with Gasteiger partial charge in [-0.15, -0.1) is 0 Å². The van der Waals surface area contributed by atoms with Crippen molar-refractivity contribution in [1.82, 2.24) is 9.80 Å². The lowest BCUT2D eigenvalue weighted by Gasteiger charge is -2.35. The SMILES string of the molecule is CC(=O)N1CCC[C@@H]1[C@@H]1CCCN1C[C@@H](O)c1cccc(F)c1. The Kier molecular flexibility index (Phi) is 4.97. The monoisotopic (exact) mass is 320 g/mol. The van der Waals surface area contributed by atoms with Crippen molar-refractivity contribution in [2.75, 3.05) is 19.6 Å². The van der Waals surface area contributed by atoms with Crippen molar-refractivity contribution in [2.24, 2.45) is 0 Å². The number of halogens is 1. The van der Waals surface area contributed by atoms with Gasteiger partial charge in [-0.25, -0.2) is 4.39 Å². The first-order chi connectivity index (χ1) is 11.1. The third-order valence-electron chi connectivity index (χ3n) is 5.20. The number of benzene rings is 1. The van der Waals surface area contributed by atoms with E-state index >= 15 is 0 Å². The van der Waals surface area contributed by atoms with E-state index in [1.54, 1.807) is 19.1 Å². The Morgan fingerprint density at radius 1 is 1.30 bits per heavy atom. The topological polar surface area (TPSA) is 43.8 Å². The van der Waals surface area contributed by atoms with Crippen LogP contribution in [-0.4, -0.2) is 52.5 Å². The van der Waals surface area contributed by atoms with Gasteiger partial charge in [-0.1, -0.05) is 12.1 Å². The predicted molar refractivity (Wildman–Crippen MR) is 86.4 cm³/mol. The fourth-order valence-electron chi connectivity index (χ4n) is 4.14. The van der Waals surface area contributed by atoms with Gasteiger partial charge in [-0.3, -0.25) is 9.69 Å². The molecule has 2 heterocycles. The Bertz CT molecular complexity index is 566. The molecule has 1 N–H and O–H groups in total. The van der Waals surface area contributed by atoms with Crippen molar-refractivity contribution in [3.8, 4) is 0 Å². The van der Waals surface area contributed by atoms with Crippen LogP contribution in [0.5, 0.6) is 0 Å². The molecule has 1 aromatic carbocycles. The second kappa shape index (κ2) is 6.97. The Balaban J connectivity index is 1.68. The summed E-state index contributed by atoms with van der Waals surface area (Å²) in [6, 6.07) is 6.74. The number of rotatable bonds is 4. The number of carbonyl (C=O) groups is 1. The molecule has 23 heavy (non-hydrogen) atoms. The maximum Gasteiger partial charge on any atom is 0.219 e. The number of amides is 1. The molecule has 0 saturated carbocycles. The van der Waals surface area contributed by atoms with Gasteiger partial charge in [-0.2, -0.15) is 0 Å². The van der Waals surface area contributed by atoms with Crippen LogP contribution in [0.3, 0.4) is 0 Å². The highest BCUT2D eigenvalue weighted by Crippen LogP contribution is 2.31. The fraction of sp³-hybridized carbons (Fsp3) is 0.611. The van der Waals surface area contributed by atoms with Crippen molar-refractivity contribution in [3.05, 3.63) is 35.6 Å². The molecule has 0 unspecified atom stereocenters. The quantitative estimate of drug-likeness (QED) is 0.926. The van der Waals surface area contributed by atoms with Gasteiger partial charge < -0.3 is 10.0 Å². The van der Waals surface area contributed by atoms with Gasteiger partial charge >= 0.3 is 0 Å². The molecular weight excluding hydrogens is 295 g/mol. The minimum Gasteiger partial charge on any atom is -0.387 e. The van der Waals surface area contributed by atoms with Crippen LogP contribution in [0.2, 0.25) is 0 Å². The summed E-state index contributed by atoms with van der Waals surface area (Å²) in [6.07, 6.45) is 3.55. The summed E-state index contributed by atoms with van der Waals surface area (Å²) in [7, 11) is 0. The number of aliphatic hydroxyl groups is 1. The minimum absolute atomic E-state index is 0.144. The lowest BCUT2D eigenvalue weighted by atomic mass is 10.0. The molecule has 0 aliphatic carbocycles. The number of aliphatic hydroxyl groups excluding tert-OH is 1. The average Bonchev–Trinajstić information content (AvgIpc) is 3.15. The summed E-state index contributed by atoms with van der Waals surface area (Å²) >= 11 is 0. The van der Waals surface area contributed by atoms with Gasteiger partial charge in [0.15, 0.2) is 0 Å². The highest BCUT2D eigenvalue weighted by Gasteiger charge is 2.39. The number of likely N-dealkylation sites (tertiary alicyclic amines) is 2. The van der Waals surface area contributed by atoms with E-state index in [0.717, 1.165) is 38.8 Å². The van der Waals surface area contributed by atoms with Crippen LogP contribution in [0, 0.1) is 5.82 Å². The summed E-state index contributed by atoms with van der Waals surface area (Å²) in [5.74, 6) is -0.178. The zero-order valence-corrected chi connectivity index (χ0v) is 13.6. The first-order valence-corrected chi connectivity index (χ1v) is 8.51. The summed E-state index contributed by atoms with van der Waals surface area (Å²) in [5.41, 5.74) is 0.616. The molecule has 4 nitrogen and oxygen atoms in total. The van der Waals surface area contributed by atoms with Crippen LogP contribution in [0.25, 0.3) is 0 Å². The van der Waals surface area contributed by atoms with Crippen LogP contribution in [-0.2, 0) is 4.79 Å². The smallest absolute Gasteiger partial charge is 0.219 e. The molecule has 0 aromatic heterocycles. The molecular formula is C18H25FN2O2. The lowest BCUT2D eigenvalue weighted by molar-refractivity contribution is -0.130. The minimum atomic E-state index is -0.696. The Hall–Kier alpha value is -1.46. The van der Waals surface area contributed by atoms with Crippen molar-refractivity contribution in [2.45, 2.75) is 50.8 Å². The van der Waals surface area contributed by atoms with Gasteiger partial charge in [0.2, 0.25) is 5.91 Å². The fourth-order valence-corrected chi connectivity index (χ4v) is 4.14. The summed E-state index contributed by atoms with van der Waals surface area (Å²) in [4.78, 5) is 16.1. The maximum absolute atomic E-state index is 13.3. The van der Waals surface area contributed by atoms with Crippen LogP contribution < -0.4 is 0 Å². The standard InChI is InChI=1S/C18H25FN2O2/c1-13(22)21-10-4-8-17(21)16-7-3-9-20(16)12-18(23)14-5-2-6-15(19)11-14/h2,5-6,11,16-18,23H,3-4,7-10,12H2,1H3/t16-,17+,18+/m0/s1. The van der Waals surface area contributed by atoms with E-state index in [1.165, 1.54) is 12.1 Å². The zero-order chi connectivity index (χ0) is 16.4. The van der Waals surface area contributed by atoms with E-state index in [-0.39, 0.29) is 17.8 Å². The van der Waals surface area contributed by atoms with Crippen LogP contribution in [0.15, 0.2) is 24.3 Å². The van der Waals surface area contributed by atoms with E-state index in [4.69, 9.17) is 0 Å². The van der Waals surface area contributed by atoms with E-state index in [0.29, 0.717) is 18.2 Å². The second-order valence-electron chi connectivity index (χ2n) is 6.70. The van der Waals surface area contributed by atoms with Crippen LogP contribution >= 0.6 is 0 Å².